The van der Waals surface area contributed by atoms with E-state index in [9.17, 15) is 22.8 Å². The Bertz CT molecular complexity index is 742. The van der Waals surface area contributed by atoms with Crippen molar-refractivity contribution in [3.8, 4) is 0 Å². The molecule has 0 bridgehead atoms. The molecular formula is C20H26F3N3O2. The van der Waals surface area contributed by atoms with Gasteiger partial charge in [0.1, 0.15) is 0 Å². The summed E-state index contributed by atoms with van der Waals surface area (Å²) in [5.74, 6) is -0.0589. The Hall–Kier alpha value is -2.09. The predicted octanol–water partition coefficient (Wildman–Crippen LogP) is 2.92. The van der Waals surface area contributed by atoms with E-state index in [-0.39, 0.29) is 36.0 Å². The molecule has 2 fully saturated rings. The summed E-state index contributed by atoms with van der Waals surface area (Å²) < 4.78 is 39.6. The first kappa shape index (κ1) is 20.6. The van der Waals surface area contributed by atoms with Crippen molar-refractivity contribution in [3.63, 3.8) is 0 Å². The van der Waals surface area contributed by atoms with Crippen LogP contribution in [0.1, 0.15) is 57.2 Å². The summed E-state index contributed by atoms with van der Waals surface area (Å²) in [6.45, 7) is 4.05. The van der Waals surface area contributed by atoms with Gasteiger partial charge in [-0.2, -0.15) is 13.2 Å². The van der Waals surface area contributed by atoms with Crippen molar-refractivity contribution in [1.82, 2.24) is 16.0 Å². The van der Waals surface area contributed by atoms with E-state index in [4.69, 9.17) is 0 Å². The van der Waals surface area contributed by atoms with E-state index in [1.54, 1.807) is 19.1 Å². The highest BCUT2D eigenvalue weighted by Gasteiger charge is 2.48. The van der Waals surface area contributed by atoms with Crippen LogP contribution in [0.4, 0.5) is 13.2 Å². The quantitative estimate of drug-likeness (QED) is 0.716. The fourth-order valence-electron chi connectivity index (χ4n) is 3.34. The zero-order valence-electron chi connectivity index (χ0n) is 16.2. The van der Waals surface area contributed by atoms with Crippen LogP contribution >= 0.6 is 0 Å². The Morgan fingerprint density at radius 3 is 2.32 bits per heavy atom. The summed E-state index contributed by atoms with van der Waals surface area (Å²) in [7, 11) is 0. The molecule has 3 N–H and O–H groups in total. The Balaban J connectivity index is 1.63. The van der Waals surface area contributed by atoms with E-state index in [2.05, 4.69) is 16.0 Å². The van der Waals surface area contributed by atoms with E-state index < -0.39 is 17.6 Å². The third kappa shape index (κ3) is 4.32. The summed E-state index contributed by atoms with van der Waals surface area (Å²) in [4.78, 5) is 24.4. The van der Waals surface area contributed by atoms with Crippen molar-refractivity contribution < 1.29 is 22.8 Å². The van der Waals surface area contributed by atoms with Gasteiger partial charge in [0.2, 0.25) is 11.8 Å². The lowest BCUT2D eigenvalue weighted by Gasteiger charge is -2.32. The maximum atomic E-state index is 13.2. The molecule has 3 rings (SSSR count). The predicted molar refractivity (Wildman–Crippen MR) is 98.3 cm³/mol. The number of carbonyl (C=O) groups is 2. The van der Waals surface area contributed by atoms with Crippen molar-refractivity contribution in [1.29, 1.82) is 0 Å². The van der Waals surface area contributed by atoms with E-state index in [1.165, 1.54) is 12.1 Å². The van der Waals surface area contributed by atoms with Crippen molar-refractivity contribution in [2.75, 3.05) is 0 Å². The average Bonchev–Trinajstić information content (AvgIpc) is 3.45. The molecule has 5 nitrogen and oxygen atoms in total. The van der Waals surface area contributed by atoms with Gasteiger partial charge in [-0.15, -0.1) is 0 Å². The van der Waals surface area contributed by atoms with Gasteiger partial charge < -0.3 is 10.6 Å². The standard InChI is InChI=1S/C20H26F3N3O2/c1-11(12-6-8-14(9-7-12)19(2,3)20(21,22)23)24-18(28)15-10-16(27)26-17(25-15)13-4-5-13/h6-9,11,13,15,17,25H,4-5,10H2,1-3H3,(H,24,28)(H,26,27). The number of alkyl halides is 3. The maximum absolute atomic E-state index is 13.2. The van der Waals surface area contributed by atoms with Gasteiger partial charge in [0.25, 0.3) is 0 Å². The molecule has 1 heterocycles. The molecule has 1 aromatic rings. The average molecular weight is 397 g/mol. The third-order valence-corrected chi connectivity index (χ3v) is 5.70. The van der Waals surface area contributed by atoms with E-state index in [0.717, 1.165) is 26.7 Å². The van der Waals surface area contributed by atoms with Crippen LogP contribution in [0.25, 0.3) is 0 Å². The molecule has 0 spiro atoms. The highest BCUT2D eigenvalue weighted by molar-refractivity contribution is 5.89. The third-order valence-electron chi connectivity index (χ3n) is 5.70. The molecule has 1 aromatic carbocycles. The van der Waals surface area contributed by atoms with Gasteiger partial charge in [0.15, 0.2) is 0 Å². The molecule has 3 unspecified atom stereocenters. The van der Waals surface area contributed by atoms with E-state index in [1.807, 2.05) is 0 Å². The molecule has 28 heavy (non-hydrogen) atoms. The SMILES string of the molecule is CC(NC(=O)C1CC(=O)NC(C2CC2)N1)c1ccc(C(C)(C)C(F)(F)F)cc1. The Labute approximate surface area is 162 Å². The first-order chi connectivity index (χ1) is 13.0. The van der Waals surface area contributed by atoms with Crippen LogP contribution in [0.2, 0.25) is 0 Å². The molecule has 0 radical (unpaired) electrons. The highest BCUT2D eigenvalue weighted by atomic mass is 19.4. The van der Waals surface area contributed by atoms with Crippen LogP contribution in [0.15, 0.2) is 24.3 Å². The highest BCUT2D eigenvalue weighted by Crippen LogP contribution is 2.40. The molecule has 154 valence electrons. The number of carbonyl (C=O) groups excluding carboxylic acids is 2. The van der Waals surface area contributed by atoms with Gasteiger partial charge >= 0.3 is 6.18 Å². The summed E-state index contributed by atoms with van der Waals surface area (Å²) >= 11 is 0. The number of rotatable bonds is 5. The Morgan fingerprint density at radius 1 is 1.18 bits per heavy atom. The first-order valence-electron chi connectivity index (χ1n) is 9.52. The monoisotopic (exact) mass is 397 g/mol. The Kier molecular flexibility index (Phi) is 5.44. The number of halogens is 3. The molecule has 0 aromatic heterocycles. The van der Waals surface area contributed by atoms with Gasteiger partial charge in [-0.25, -0.2) is 0 Å². The number of amides is 2. The van der Waals surface area contributed by atoms with Gasteiger partial charge in [-0.05, 0) is 50.7 Å². The Morgan fingerprint density at radius 2 is 1.79 bits per heavy atom. The lowest BCUT2D eigenvalue weighted by atomic mass is 9.83. The van der Waals surface area contributed by atoms with Crippen LogP contribution in [0.5, 0.6) is 0 Å². The molecule has 1 aliphatic heterocycles. The van der Waals surface area contributed by atoms with Gasteiger partial charge in [0.05, 0.1) is 30.1 Å². The number of benzene rings is 1. The zero-order chi connectivity index (χ0) is 20.7. The van der Waals surface area contributed by atoms with Gasteiger partial charge in [-0.1, -0.05) is 24.3 Å². The maximum Gasteiger partial charge on any atom is 0.397 e. The fraction of sp³-hybridized carbons (Fsp3) is 0.600. The van der Waals surface area contributed by atoms with Crippen molar-refractivity contribution >= 4 is 11.8 Å². The number of hydrogen-bond acceptors (Lipinski definition) is 3. The van der Waals surface area contributed by atoms with Crippen LogP contribution in [0.3, 0.4) is 0 Å². The minimum absolute atomic E-state index is 0.0699. The van der Waals surface area contributed by atoms with Crippen molar-refractivity contribution in [2.24, 2.45) is 5.92 Å². The topological polar surface area (TPSA) is 70.2 Å². The normalized spacial score (nSPS) is 24.4. The second kappa shape index (κ2) is 7.39. The minimum Gasteiger partial charge on any atom is -0.348 e. The first-order valence-corrected chi connectivity index (χ1v) is 9.52. The summed E-state index contributed by atoms with van der Waals surface area (Å²) in [5.41, 5.74) is -1.08. The fourth-order valence-corrected chi connectivity index (χ4v) is 3.34. The number of hydrogen-bond donors (Lipinski definition) is 3. The molecule has 1 saturated heterocycles. The van der Waals surface area contributed by atoms with Crippen LogP contribution in [0, 0.1) is 5.92 Å². The van der Waals surface area contributed by atoms with E-state index >= 15 is 0 Å². The van der Waals surface area contributed by atoms with Gasteiger partial charge in [-0.3, -0.25) is 14.9 Å². The van der Waals surface area contributed by atoms with E-state index in [0.29, 0.717) is 11.5 Å². The summed E-state index contributed by atoms with van der Waals surface area (Å²) in [5, 5.41) is 8.89. The smallest absolute Gasteiger partial charge is 0.348 e. The van der Waals surface area contributed by atoms with Gasteiger partial charge in [0, 0.05) is 0 Å². The van der Waals surface area contributed by atoms with Crippen LogP contribution in [-0.2, 0) is 15.0 Å². The largest absolute Gasteiger partial charge is 0.397 e. The van der Waals surface area contributed by atoms with Crippen molar-refractivity contribution in [3.05, 3.63) is 35.4 Å². The lowest BCUT2D eigenvalue weighted by molar-refractivity contribution is -0.180. The molecule has 1 aliphatic carbocycles. The van der Waals surface area contributed by atoms with Crippen LogP contribution in [-0.4, -0.2) is 30.2 Å². The second-order valence-corrected chi connectivity index (χ2v) is 8.28. The molecule has 3 atom stereocenters. The lowest BCUT2D eigenvalue weighted by Crippen LogP contribution is -2.61. The molecule has 2 amide bonds. The minimum atomic E-state index is -4.35. The summed E-state index contributed by atoms with van der Waals surface area (Å²) in [6.07, 6.45) is -2.39. The van der Waals surface area contributed by atoms with Crippen molar-refractivity contribution in [2.45, 2.75) is 69.9 Å². The molecular weight excluding hydrogens is 371 g/mol. The molecule has 1 saturated carbocycles. The van der Waals surface area contributed by atoms with Crippen LogP contribution < -0.4 is 16.0 Å². The molecule has 2 aliphatic rings. The zero-order valence-corrected chi connectivity index (χ0v) is 16.2. The molecule has 8 heteroatoms. The number of nitrogens with one attached hydrogen (secondary N) is 3. The second-order valence-electron chi connectivity index (χ2n) is 8.28. The summed E-state index contributed by atoms with van der Waals surface area (Å²) in [6, 6.07) is 5.10.